The van der Waals surface area contributed by atoms with Gasteiger partial charge in [-0.25, -0.2) is 10.8 Å². The van der Waals surface area contributed by atoms with Crippen LogP contribution < -0.4 is 21.5 Å². The van der Waals surface area contributed by atoms with Crippen LogP contribution in [0.1, 0.15) is 24.5 Å². The smallest absolute Gasteiger partial charge is 0.243 e. The molecule has 1 aliphatic heterocycles. The quantitative estimate of drug-likeness (QED) is 0.539. The number of aryl methyl sites for hydroxylation is 1. The highest BCUT2D eigenvalue weighted by Gasteiger charge is 2.17. The Bertz CT molecular complexity index is 607. The molecule has 3 rings (SSSR count). The predicted octanol–water partition coefficient (Wildman–Crippen LogP) is 0.666. The van der Waals surface area contributed by atoms with Crippen LogP contribution in [0, 0.1) is 6.92 Å². The molecule has 0 spiro atoms. The summed E-state index contributed by atoms with van der Waals surface area (Å²) in [5.41, 5.74) is 2.47. The summed E-state index contributed by atoms with van der Waals surface area (Å²) in [6.07, 6.45) is 3.97. The number of anilines is 3. The van der Waals surface area contributed by atoms with Crippen molar-refractivity contribution in [3.8, 4) is 0 Å². The van der Waals surface area contributed by atoms with Crippen LogP contribution in [0.15, 0.2) is 10.6 Å². The molecule has 2 aromatic rings. The summed E-state index contributed by atoms with van der Waals surface area (Å²) in [6, 6.07) is 0. The number of nitrogens with one attached hydrogen (secondary N) is 2. The Kier molecular flexibility index (Phi) is 3.82. The van der Waals surface area contributed by atoms with Crippen molar-refractivity contribution in [2.24, 2.45) is 5.84 Å². The van der Waals surface area contributed by atoms with Crippen molar-refractivity contribution in [2.45, 2.75) is 26.3 Å². The number of nitrogens with zero attached hydrogens (tertiary/aromatic N) is 5. The lowest BCUT2D eigenvalue weighted by molar-refractivity contribution is 0.478. The van der Waals surface area contributed by atoms with Gasteiger partial charge in [-0.2, -0.15) is 15.0 Å². The molecule has 1 aliphatic rings. The summed E-state index contributed by atoms with van der Waals surface area (Å²) in [7, 11) is 0. The summed E-state index contributed by atoms with van der Waals surface area (Å²) in [6.45, 7) is 4.15. The number of hydrogen-bond donors (Lipinski definition) is 3. The van der Waals surface area contributed by atoms with Gasteiger partial charge in [-0.1, -0.05) is 0 Å². The lowest BCUT2D eigenvalue weighted by Gasteiger charge is -2.16. The molecule has 4 N–H and O–H groups in total. The summed E-state index contributed by atoms with van der Waals surface area (Å²) in [5, 5.41) is 3.07. The van der Waals surface area contributed by atoms with E-state index in [-0.39, 0.29) is 0 Å². The monoisotopic (exact) mass is 290 g/mol. The Morgan fingerprint density at radius 3 is 2.67 bits per heavy atom. The second kappa shape index (κ2) is 5.92. The standard InChI is InChI=1S/C12H18N8O/c1-8-6-14-9(21-8)7-15-10-16-11(19-13)18-12(17-10)20-4-2-3-5-20/h6H,2-5,7,13H2,1H3,(H2,15,16,17,18,19). The fraction of sp³-hybridized carbons (Fsp3) is 0.500. The average molecular weight is 290 g/mol. The fourth-order valence-electron chi connectivity index (χ4n) is 2.20. The largest absolute Gasteiger partial charge is 0.444 e. The molecule has 2 aromatic heterocycles. The molecule has 0 bridgehead atoms. The molecule has 9 heteroatoms. The van der Waals surface area contributed by atoms with Gasteiger partial charge in [0.15, 0.2) is 0 Å². The first-order chi connectivity index (χ1) is 10.2. The van der Waals surface area contributed by atoms with E-state index in [0.717, 1.165) is 31.7 Å². The van der Waals surface area contributed by atoms with Crippen LogP contribution in [0.25, 0.3) is 0 Å². The molecule has 21 heavy (non-hydrogen) atoms. The highest BCUT2D eigenvalue weighted by atomic mass is 16.4. The maximum atomic E-state index is 5.42. The zero-order chi connectivity index (χ0) is 14.7. The maximum absolute atomic E-state index is 5.42. The molecule has 0 radical (unpaired) electrons. The van der Waals surface area contributed by atoms with Crippen molar-refractivity contribution in [3.63, 3.8) is 0 Å². The second-order valence-corrected chi connectivity index (χ2v) is 4.84. The van der Waals surface area contributed by atoms with Crippen molar-refractivity contribution < 1.29 is 4.42 Å². The molecule has 0 unspecified atom stereocenters. The minimum Gasteiger partial charge on any atom is -0.444 e. The van der Waals surface area contributed by atoms with Gasteiger partial charge in [0.1, 0.15) is 5.76 Å². The van der Waals surface area contributed by atoms with Crippen molar-refractivity contribution in [1.29, 1.82) is 0 Å². The van der Waals surface area contributed by atoms with Crippen LogP contribution in [-0.2, 0) is 6.54 Å². The van der Waals surface area contributed by atoms with Gasteiger partial charge in [-0.15, -0.1) is 0 Å². The molecular weight excluding hydrogens is 272 g/mol. The normalized spacial score (nSPS) is 14.5. The predicted molar refractivity (Wildman–Crippen MR) is 77.7 cm³/mol. The molecule has 3 heterocycles. The number of nitrogen functional groups attached to an aromatic ring is 1. The Balaban J connectivity index is 1.75. The van der Waals surface area contributed by atoms with E-state index in [4.69, 9.17) is 10.3 Å². The Labute approximate surface area is 122 Å². The third-order valence-electron chi connectivity index (χ3n) is 3.21. The highest BCUT2D eigenvalue weighted by molar-refractivity contribution is 5.43. The first kappa shape index (κ1) is 13.6. The highest BCUT2D eigenvalue weighted by Crippen LogP contribution is 2.18. The molecule has 0 amide bonds. The van der Waals surface area contributed by atoms with E-state index < -0.39 is 0 Å². The number of oxazole rings is 1. The third-order valence-corrected chi connectivity index (χ3v) is 3.21. The summed E-state index contributed by atoms with van der Waals surface area (Å²) in [4.78, 5) is 19.1. The Hall–Kier alpha value is -2.42. The van der Waals surface area contributed by atoms with E-state index in [1.54, 1.807) is 6.20 Å². The molecule has 0 aliphatic carbocycles. The van der Waals surface area contributed by atoms with Crippen molar-refractivity contribution >= 4 is 17.8 Å². The number of hydrogen-bond acceptors (Lipinski definition) is 9. The molecule has 0 saturated carbocycles. The maximum Gasteiger partial charge on any atom is 0.243 e. The van der Waals surface area contributed by atoms with Gasteiger partial charge < -0.3 is 14.6 Å². The molecule has 112 valence electrons. The zero-order valence-electron chi connectivity index (χ0n) is 11.8. The van der Waals surface area contributed by atoms with Gasteiger partial charge in [0.2, 0.25) is 23.7 Å². The van der Waals surface area contributed by atoms with Crippen LogP contribution in [0.3, 0.4) is 0 Å². The first-order valence-electron chi connectivity index (χ1n) is 6.87. The molecule has 9 nitrogen and oxygen atoms in total. The lowest BCUT2D eigenvalue weighted by Crippen LogP contribution is -2.23. The number of nitrogens with two attached hydrogens (primary N) is 1. The average Bonchev–Trinajstić information content (AvgIpc) is 3.16. The van der Waals surface area contributed by atoms with Gasteiger partial charge in [0.05, 0.1) is 12.7 Å². The van der Waals surface area contributed by atoms with Gasteiger partial charge in [-0.05, 0) is 19.8 Å². The third kappa shape index (κ3) is 3.19. The van der Waals surface area contributed by atoms with Crippen LogP contribution >= 0.6 is 0 Å². The van der Waals surface area contributed by atoms with E-state index in [9.17, 15) is 0 Å². The molecule has 1 fully saturated rings. The Morgan fingerprint density at radius 2 is 2.00 bits per heavy atom. The summed E-state index contributed by atoms with van der Waals surface area (Å²) >= 11 is 0. The SMILES string of the molecule is Cc1cnc(CNc2nc(NN)nc(N3CCCC3)n2)o1. The van der Waals surface area contributed by atoms with E-state index >= 15 is 0 Å². The van der Waals surface area contributed by atoms with E-state index in [1.165, 1.54) is 0 Å². The van der Waals surface area contributed by atoms with E-state index in [1.807, 2.05) is 6.92 Å². The molecular formula is C12H18N8O. The van der Waals surface area contributed by atoms with Gasteiger partial charge >= 0.3 is 0 Å². The van der Waals surface area contributed by atoms with Gasteiger partial charge in [-0.3, -0.25) is 5.43 Å². The topological polar surface area (TPSA) is 118 Å². The Morgan fingerprint density at radius 1 is 1.24 bits per heavy atom. The number of hydrazine groups is 1. The first-order valence-corrected chi connectivity index (χ1v) is 6.87. The van der Waals surface area contributed by atoms with Crippen LogP contribution in [-0.4, -0.2) is 33.0 Å². The number of rotatable bonds is 5. The minimum absolute atomic E-state index is 0.331. The molecule has 0 aromatic carbocycles. The fourth-order valence-corrected chi connectivity index (χ4v) is 2.20. The minimum atomic E-state index is 0.331. The summed E-state index contributed by atoms with van der Waals surface area (Å²) in [5.74, 6) is 8.16. The number of aromatic nitrogens is 4. The molecule has 0 atom stereocenters. The van der Waals surface area contributed by atoms with Crippen LogP contribution in [0.5, 0.6) is 0 Å². The van der Waals surface area contributed by atoms with E-state index in [0.29, 0.717) is 30.3 Å². The zero-order valence-corrected chi connectivity index (χ0v) is 11.8. The van der Waals surface area contributed by atoms with Crippen molar-refractivity contribution in [2.75, 3.05) is 28.7 Å². The van der Waals surface area contributed by atoms with E-state index in [2.05, 4.69) is 35.6 Å². The summed E-state index contributed by atoms with van der Waals surface area (Å²) < 4.78 is 5.40. The van der Waals surface area contributed by atoms with Gasteiger partial charge in [0.25, 0.3) is 0 Å². The van der Waals surface area contributed by atoms with Crippen LogP contribution in [0.4, 0.5) is 17.8 Å². The van der Waals surface area contributed by atoms with Crippen molar-refractivity contribution in [3.05, 3.63) is 17.8 Å². The molecule has 1 saturated heterocycles. The second-order valence-electron chi connectivity index (χ2n) is 4.84. The van der Waals surface area contributed by atoms with Gasteiger partial charge in [0, 0.05) is 13.1 Å². The van der Waals surface area contributed by atoms with Crippen LogP contribution in [0.2, 0.25) is 0 Å². The van der Waals surface area contributed by atoms with Crippen molar-refractivity contribution in [1.82, 2.24) is 19.9 Å². The lowest BCUT2D eigenvalue weighted by atomic mass is 10.4.